The monoisotopic (exact) mass is 924 g/mol. The van der Waals surface area contributed by atoms with Crippen LogP contribution in [0.15, 0.2) is 63.1 Å². The number of aromatic nitrogens is 5. The fourth-order valence-electron chi connectivity index (χ4n) is 11.3. The van der Waals surface area contributed by atoms with Gasteiger partial charge in [-0.25, -0.2) is 18.2 Å². The van der Waals surface area contributed by atoms with E-state index in [0.717, 1.165) is 114 Å². The second kappa shape index (κ2) is 17.3. The number of imide groups is 1. The normalized spacial score (nSPS) is 21.8. The molecule has 18 heteroatoms. The van der Waals surface area contributed by atoms with E-state index in [9.17, 15) is 27.6 Å². The smallest absolute Gasteiger partial charge is 0.329 e. The topological polar surface area (TPSA) is 177 Å². The highest BCUT2D eigenvalue weighted by Gasteiger charge is 2.41. The summed E-state index contributed by atoms with van der Waals surface area (Å²) in [4.78, 5) is 65.3. The van der Waals surface area contributed by atoms with Crippen LogP contribution in [0.25, 0.3) is 22.1 Å². The summed E-state index contributed by atoms with van der Waals surface area (Å²) in [5.41, 5.74) is 4.18. The molecule has 1 atom stereocenters. The van der Waals surface area contributed by atoms with Crippen LogP contribution in [0.1, 0.15) is 94.7 Å². The Kier molecular flexibility index (Phi) is 11.6. The zero-order valence-electron chi connectivity index (χ0n) is 37.1. The summed E-state index contributed by atoms with van der Waals surface area (Å²) < 4.78 is 34.5. The molecule has 3 aromatic heterocycles. The van der Waals surface area contributed by atoms with Crippen molar-refractivity contribution in [2.75, 3.05) is 56.0 Å². The Morgan fingerprint density at radius 2 is 1.57 bits per heavy atom. The van der Waals surface area contributed by atoms with Gasteiger partial charge in [0, 0.05) is 75.2 Å². The first kappa shape index (κ1) is 43.8. The van der Waals surface area contributed by atoms with E-state index in [1.165, 1.54) is 4.57 Å². The van der Waals surface area contributed by atoms with Crippen molar-refractivity contribution >= 4 is 72.8 Å². The summed E-state index contributed by atoms with van der Waals surface area (Å²) in [5, 5.41) is 6.49. The third-order valence-corrected chi connectivity index (χ3v) is 17.5. The van der Waals surface area contributed by atoms with Crippen LogP contribution in [0.3, 0.4) is 0 Å². The highest BCUT2D eigenvalue weighted by Crippen LogP contribution is 2.43. The molecule has 5 aliphatic rings. The van der Waals surface area contributed by atoms with E-state index in [4.69, 9.17) is 16.6 Å². The third-order valence-electron chi connectivity index (χ3n) is 15.3. The van der Waals surface area contributed by atoms with Gasteiger partial charge >= 0.3 is 5.69 Å². The number of aryl methyl sites for hydroxylation is 2. The molecule has 1 unspecified atom stereocenters. The van der Waals surface area contributed by atoms with Crippen LogP contribution >= 0.6 is 11.6 Å². The van der Waals surface area contributed by atoms with Gasteiger partial charge in [-0.2, -0.15) is 9.29 Å². The summed E-state index contributed by atoms with van der Waals surface area (Å²) in [6.45, 7) is 7.89. The molecule has 65 heavy (non-hydrogen) atoms. The van der Waals surface area contributed by atoms with E-state index in [1.807, 2.05) is 25.1 Å². The number of carbonyl (C=O) groups is 2. The SMILES string of the molecule is Cc1cc(S(=O)(=O)N2CCC3(CCN(CC4CCN(c5ccc6c(c5)n(C)c(=O)n6C5CCC(=O)NC5=O)CC4)CC3)CC2)ccc1Nc1ncc2cc(Cl)c(=O)n(C3CCCC3)c2n1. The molecule has 16 nitrogen and oxygen atoms in total. The standard InChI is InChI=1S/C47H57ClN10O6S/c1-30-25-35(8-9-37(30)50-45-49-28-32-26-36(48)44(61)57(42(32)52-45)33-5-3-4-6-33)65(63,64)56-23-17-47(18-24-56)15-21-54(22-16-47)29-31-13-19-55(20-14-31)34-7-10-38-40(27-34)53(2)46(62)58(38)39-11-12-41(59)51-43(39)60/h7-10,25-28,31,33,39H,3-6,11-24,29H2,1-2H3,(H,49,50,52)(H,51,59,60). The lowest BCUT2D eigenvalue weighted by Crippen LogP contribution is -2.49. The number of carbonyl (C=O) groups excluding carboxylic acids is 2. The second-order valence-electron chi connectivity index (χ2n) is 19.2. The largest absolute Gasteiger partial charge is 0.371 e. The van der Waals surface area contributed by atoms with Crippen molar-refractivity contribution in [1.29, 1.82) is 0 Å². The summed E-state index contributed by atoms with van der Waals surface area (Å²) >= 11 is 6.32. The quantitative estimate of drug-likeness (QED) is 0.165. The van der Waals surface area contributed by atoms with Gasteiger partial charge in [-0.3, -0.25) is 33.4 Å². The Bertz CT molecular complexity index is 2920. The van der Waals surface area contributed by atoms with Gasteiger partial charge in [0.05, 0.1) is 15.9 Å². The lowest BCUT2D eigenvalue weighted by Gasteiger charge is -2.47. The average molecular weight is 926 g/mol. The minimum absolute atomic E-state index is 0.0466. The summed E-state index contributed by atoms with van der Waals surface area (Å²) in [5.74, 6) is 0.190. The fourth-order valence-corrected chi connectivity index (χ4v) is 13.0. The number of fused-ring (bicyclic) bond motifs is 2. The maximum Gasteiger partial charge on any atom is 0.329 e. The van der Waals surface area contributed by atoms with E-state index < -0.39 is 22.0 Å². The van der Waals surface area contributed by atoms with Crippen molar-refractivity contribution in [3.63, 3.8) is 0 Å². The van der Waals surface area contributed by atoms with Crippen LogP contribution < -0.4 is 26.8 Å². The lowest BCUT2D eigenvalue weighted by atomic mass is 9.71. The third kappa shape index (κ3) is 8.26. The number of likely N-dealkylation sites (tertiary alicyclic amines) is 1. The van der Waals surface area contributed by atoms with Crippen molar-refractivity contribution in [3.8, 4) is 0 Å². The minimum atomic E-state index is -3.69. The molecule has 5 aromatic rings. The molecule has 4 aliphatic heterocycles. The molecule has 344 valence electrons. The molecule has 2 amide bonds. The number of halogens is 1. The molecule has 0 radical (unpaired) electrons. The lowest BCUT2D eigenvalue weighted by molar-refractivity contribution is -0.135. The molecular weight excluding hydrogens is 868 g/mol. The average Bonchev–Trinajstić information content (AvgIpc) is 3.92. The van der Waals surface area contributed by atoms with E-state index >= 15 is 0 Å². The Balaban J connectivity index is 0.712. The van der Waals surface area contributed by atoms with Crippen LogP contribution in [-0.2, 0) is 26.7 Å². The molecule has 2 aromatic carbocycles. The van der Waals surface area contributed by atoms with Crippen LogP contribution in [0, 0.1) is 18.3 Å². The highest BCUT2D eigenvalue weighted by molar-refractivity contribution is 7.89. The molecule has 1 spiro atoms. The van der Waals surface area contributed by atoms with Gasteiger partial charge in [-0.15, -0.1) is 0 Å². The highest BCUT2D eigenvalue weighted by atomic mass is 35.5. The number of amides is 2. The number of benzene rings is 2. The second-order valence-corrected chi connectivity index (χ2v) is 21.5. The first-order valence-corrected chi connectivity index (χ1v) is 25.1. The maximum absolute atomic E-state index is 14.0. The van der Waals surface area contributed by atoms with Crippen LogP contribution in [0.4, 0.5) is 17.3 Å². The van der Waals surface area contributed by atoms with Gasteiger partial charge in [-0.1, -0.05) is 24.4 Å². The molecule has 2 N–H and O–H groups in total. The number of nitrogens with zero attached hydrogens (tertiary/aromatic N) is 8. The predicted octanol–water partition coefficient (Wildman–Crippen LogP) is 6.03. The molecule has 10 rings (SSSR count). The van der Waals surface area contributed by atoms with Crippen molar-refractivity contribution in [2.24, 2.45) is 18.4 Å². The zero-order chi connectivity index (χ0) is 45.2. The molecule has 5 fully saturated rings. The molecular formula is C47H57ClN10O6S. The van der Waals surface area contributed by atoms with E-state index in [1.54, 1.807) is 50.9 Å². The van der Waals surface area contributed by atoms with E-state index in [-0.39, 0.29) is 45.0 Å². The molecule has 7 heterocycles. The van der Waals surface area contributed by atoms with Crippen molar-refractivity contribution in [1.82, 2.24) is 38.2 Å². The number of sulfonamides is 1. The fraction of sp³-hybridized carbons (Fsp3) is 0.532. The first-order valence-electron chi connectivity index (χ1n) is 23.2. The van der Waals surface area contributed by atoms with Gasteiger partial charge in [0.15, 0.2) is 0 Å². The van der Waals surface area contributed by atoms with Crippen molar-refractivity contribution in [3.05, 3.63) is 80.1 Å². The summed E-state index contributed by atoms with van der Waals surface area (Å²) in [6, 6.07) is 12.1. The number of piperidine rings is 4. The maximum atomic E-state index is 14.0. The molecule has 0 bridgehead atoms. The summed E-state index contributed by atoms with van der Waals surface area (Å²) in [7, 11) is -1.96. The van der Waals surface area contributed by atoms with E-state index in [0.29, 0.717) is 53.6 Å². The Labute approximate surface area is 383 Å². The van der Waals surface area contributed by atoms with Crippen molar-refractivity contribution in [2.45, 2.75) is 101 Å². The number of anilines is 3. The van der Waals surface area contributed by atoms with Crippen molar-refractivity contribution < 1.29 is 18.0 Å². The van der Waals surface area contributed by atoms with Gasteiger partial charge in [0.2, 0.25) is 27.8 Å². The van der Waals surface area contributed by atoms with E-state index in [2.05, 4.69) is 25.4 Å². The van der Waals surface area contributed by atoms with Crippen LogP contribution in [-0.4, -0.2) is 98.9 Å². The summed E-state index contributed by atoms with van der Waals surface area (Å²) in [6.07, 6.45) is 12.1. The van der Waals surface area contributed by atoms with Gasteiger partial charge in [0.1, 0.15) is 16.7 Å². The predicted molar refractivity (Wildman–Crippen MR) is 250 cm³/mol. The van der Waals surface area contributed by atoms with Gasteiger partial charge < -0.3 is 15.1 Å². The number of pyridine rings is 1. The van der Waals surface area contributed by atoms with Gasteiger partial charge in [0.25, 0.3) is 5.56 Å². The number of hydrogen-bond donors (Lipinski definition) is 2. The number of rotatable bonds is 9. The Hall–Kier alpha value is -5.10. The number of hydrogen-bond acceptors (Lipinski definition) is 11. The van der Waals surface area contributed by atoms with Crippen LogP contribution in [0.2, 0.25) is 5.02 Å². The zero-order valence-corrected chi connectivity index (χ0v) is 38.7. The number of imidazole rings is 1. The Morgan fingerprint density at radius 3 is 2.28 bits per heavy atom. The number of nitrogens with one attached hydrogen (secondary N) is 2. The molecule has 4 saturated heterocycles. The van der Waals surface area contributed by atoms with Gasteiger partial charge in [-0.05, 0) is 137 Å². The first-order chi connectivity index (χ1) is 31.3. The molecule has 1 saturated carbocycles. The Morgan fingerprint density at radius 1 is 0.846 bits per heavy atom. The molecule has 1 aliphatic carbocycles. The minimum Gasteiger partial charge on any atom is -0.371 e. The van der Waals surface area contributed by atoms with Crippen LogP contribution in [0.5, 0.6) is 0 Å².